The van der Waals surface area contributed by atoms with Gasteiger partial charge in [-0.15, -0.1) is 0 Å². The Morgan fingerprint density at radius 1 is 1.00 bits per heavy atom. The van der Waals surface area contributed by atoms with E-state index in [-0.39, 0.29) is 12.0 Å². The van der Waals surface area contributed by atoms with Gasteiger partial charge in [0.25, 0.3) is 0 Å². The molecule has 1 amide bonds. The fraction of sp³-hybridized carbons (Fsp3) is 0.457. The molecule has 2 aliphatic heterocycles. The number of halogens is 3. The number of aliphatic hydroxyl groups excluding tert-OH is 3. The van der Waals surface area contributed by atoms with Crippen LogP contribution in [-0.2, 0) is 14.3 Å². The van der Waals surface area contributed by atoms with Crippen molar-refractivity contribution in [2.75, 3.05) is 36.5 Å². The van der Waals surface area contributed by atoms with Crippen molar-refractivity contribution >= 4 is 35.0 Å². The van der Waals surface area contributed by atoms with Crippen LogP contribution < -0.4 is 15.5 Å². The van der Waals surface area contributed by atoms with Crippen LogP contribution in [0.1, 0.15) is 50.5 Å². The van der Waals surface area contributed by atoms with E-state index in [1.54, 1.807) is 4.57 Å². The van der Waals surface area contributed by atoms with Crippen molar-refractivity contribution in [3.8, 4) is 0 Å². The lowest BCUT2D eigenvalue weighted by molar-refractivity contribution is -0.192. The van der Waals surface area contributed by atoms with Gasteiger partial charge < -0.3 is 45.4 Å². The first kappa shape index (κ1) is 39.2. The van der Waals surface area contributed by atoms with E-state index in [9.17, 15) is 33.3 Å². The van der Waals surface area contributed by atoms with Gasteiger partial charge in [0.15, 0.2) is 23.2 Å². The van der Waals surface area contributed by atoms with Crippen molar-refractivity contribution in [2.45, 2.75) is 75.5 Å². The van der Waals surface area contributed by atoms with Gasteiger partial charge in [-0.2, -0.15) is 23.1 Å². The standard InChI is InChI=1S/C33H41N7O6.C2HF3O2/c1-33(2,3)46-32(44)36-22-14-15-39(17-22)31-37-28(34-16-23(20-10-6-4-7-11-20)21-12-8-5-9-13-21)25-29(38-31)40(19-35-25)30-27(43)26(42)24(18-41)45-30;3-2(4,5)1(6)7/h4-13,19,22-24,26-27,30,41-43H,14-18H2,1-3H3,(H,36,44)(H,34,37,38);(H,6,7)/t22-,24+,26+,27+,30+;/m0./s1. The second-order valence-electron chi connectivity index (χ2n) is 13.6. The van der Waals surface area contributed by atoms with E-state index >= 15 is 0 Å². The first-order valence-electron chi connectivity index (χ1n) is 16.8. The predicted molar refractivity (Wildman–Crippen MR) is 185 cm³/mol. The molecule has 0 aliphatic carbocycles. The van der Waals surface area contributed by atoms with Gasteiger partial charge in [0.05, 0.1) is 19.0 Å². The summed E-state index contributed by atoms with van der Waals surface area (Å²) in [4.78, 5) is 37.7. The van der Waals surface area contributed by atoms with Gasteiger partial charge in [0, 0.05) is 25.6 Å². The molecule has 0 spiro atoms. The van der Waals surface area contributed by atoms with Gasteiger partial charge in [-0.1, -0.05) is 60.7 Å². The maximum atomic E-state index is 12.5. The molecule has 2 saturated heterocycles. The number of alkyl carbamates (subject to hydrolysis) is 1. The minimum absolute atomic E-state index is 0.00703. The molecule has 6 rings (SSSR count). The van der Waals surface area contributed by atoms with Crippen LogP contribution >= 0.6 is 0 Å². The highest BCUT2D eigenvalue weighted by Crippen LogP contribution is 2.34. The lowest BCUT2D eigenvalue weighted by Crippen LogP contribution is -2.40. The number of nitrogens with one attached hydrogen (secondary N) is 2. The monoisotopic (exact) mass is 745 g/mol. The number of aliphatic carboxylic acids is 1. The van der Waals surface area contributed by atoms with Gasteiger partial charge in [-0.3, -0.25) is 4.57 Å². The molecule has 2 aromatic carbocycles. The first-order valence-corrected chi connectivity index (χ1v) is 16.8. The molecule has 5 atom stereocenters. The van der Waals surface area contributed by atoms with E-state index in [1.807, 2.05) is 62.1 Å². The quantitative estimate of drug-likeness (QED) is 0.146. The zero-order valence-corrected chi connectivity index (χ0v) is 29.1. The third-order valence-corrected chi connectivity index (χ3v) is 8.51. The molecular formula is C35H42F3N7O8. The van der Waals surface area contributed by atoms with E-state index in [0.717, 1.165) is 11.1 Å². The van der Waals surface area contributed by atoms with E-state index in [1.165, 1.54) is 6.33 Å². The number of nitrogens with zero attached hydrogens (tertiary/aromatic N) is 5. The number of carboxylic acids is 1. The van der Waals surface area contributed by atoms with Crippen molar-refractivity contribution in [1.29, 1.82) is 0 Å². The SMILES string of the molecule is CC(C)(C)OC(=O)N[C@H]1CCN(c2nc(NCC(c3ccccc3)c3ccccc3)c3ncn([C@@H]4O[C@H](CO)[C@@H](O)[C@H]4O)c3n2)C1.O=C(O)C(F)(F)F. The van der Waals surface area contributed by atoms with E-state index < -0.39 is 55.0 Å². The predicted octanol–water partition coefficient (Wildman–Crippen LogP) is 3.42. The maximum Gasteiger partial charge on any atom is 0.490 e. The summed E-state index contributed by atoms with van der Waals surface area (Å²) in [5.41, 5.74) is 2.52. The summed E-state index contributed by atoms with van der Waals surface area (Å²) in [5.74, 6) is -1.85. The number of imidazole rings is 1. The molecule has 0 bridgehead atoms. The lowest BCUT2D eigenvalue weighted by Gasteiger charge is -2.23. The zero-order valence-electron chi connectivity index (χ0n) is 29.1. The summed E-state index contributed by atoms with van der Waals surface area (Å²) in [6.45, 7) is 6.56. The average Bonchev–Trinajstić information content (AvgIpc) is 3.82. The number of ether oxygens (including phenoxy) is 2. The van der Waals surface area contributed by atoms with Crippen LogP contribution in [0.2, 0.25) is 0 Å². The van der Waals surface area contributed by atoms with Gasteiger partial charge >= 0.3 is 18.2 Å². The van der Waals surface area contributed by atoms with Crippen LogP contribution in [0.15, 0.2) is 67.0 Å². The highest BCUT2D eigenvalue weighted by Gasteiger charge is 2.44. The Hall–Kier alpha value is -5.04. The molecule has 2 aliphatic rings. The fourth-order valence-corrected chi connectivity index (χ4v) is 6.00. The molecule has 2 aromatic heterocycles. The number of amides is 1. The summed E-state index contributed by atoms with van der Waals surface area (Å²) in [7, 11) is 0. The number of carboxylic acid groups (broad SMARTS) is 1. The number of hydrogen-bond donors (Lipinski definition) is 6. The number of aromatic nitrogens is 4. The van der Waals surface area contributed by atoms with E-state index in [0.29, 0.717) is 49.0 Å². The second kappa shape index (κ2) is 16.3. The summed E-state index contributed by atoms with van der Waals surface area (Å²) in [6, 6.07) is 20.3. The molecule has 286 valence electrons. The van der Waals surface area contributed by atoms with Crippen molar-refractivity contribution in [2.24, 2.45) is 0 Å². The van der Waals surface area contributed by atoms with Crippen LogP contribution in [0, 0.1) is 0 Å². The first-order chi connectivity index (χ1) is 25.1. The molecular weight excluding hydrogens is 703 g/mol. The molecule has 18 heteroatoms. The molecule has 53 heavy (non-hydrogen) atoms. The second-order valence-corrected chi connectivity index (χ2v) is 13.6. The smallest absolute Gasteiger partial charge is 0.475 e. The average molecular weight is 746 g/mol. The largest absolute Gasteiger partial charge is 0.490 e. The number of aliphatic hydroxyl groups is 3. The molecule has 0 radical (unpaired) electrons. The molecule has 4 aromatic rings. The number of rotatable bonds is 9. The van der Waals surface area contributed by atoms with Crippen LogP contribution in [0.3, 0.4) is 0 Å². The number of fused-ring (bicyclic) bond motifs is 1. The van der Waals surface area contributed by atoms with E-state index in [4.69, 9.17) is 29.3 Å². The number of carbonyl (C=O) groups excluding carboxylic acids is 1. The van der Waals surface area contributed by atoms with E-state index in [2.05, 4.69) is 39.9 Å². The van der Waals surface area contributed by atoms with Crippen LogP contribution in [-0.4, -0.2) is 114 Å². The topological polar surface area (TPSA) is 204 Å². The van der Waals surface area contributed by atoms with Crippen molar-refractivity contribution in [3.05, 3.63) is 78.1 Å². The Morgan fingerprint density at radius 3 is 2.13 bits per heavy atom. The molecule has 6 N–H and O–H groups in total. The Morgan fingerprint density at radius 2 is 1.60 bits per heavy atom. The van der Waals surface area contributed by atoms with Crippen LogP contribution in [0.5, 0.6) is 0 Å². The summed E-state index contributed by atoms with van der Waals surface area (Å²) in [5, 5.41) is 44.5. The summed E-state index contributed by atoms with van der Waals surface area (Å²) < 4.78 is 44.6. The Balaban J connectivity index is 0.000000705. The number of anilines is 2. The number of benzene rings is 2. The molecule has 4 heterocycles. The Kier molecular flexibility index (Phi) is 12.1. The molecule has 0 saturated carbocycles. The van der Waals surface area contributed by atoms with Crippen LogP contribution in [0.4, 0.5) is 29.7 Å². The van der Waals surface area contributed by atoms with Gasteiger partial charge in [-0.25, -0.2) is 14.6 Å². The third kappa shape index (κ3) is 9.69. The fourth-order valence-electron chi connectivity index (χ4n) is 6.00. The Bertz CT molecular complexity index is 1800. The normalized spacial score (nSPS) is 21.7. The summed E-state index contributed by atoms with van der Waals surface area (Å²) in [6.07, 6.45) is -7.95. The molecule has 0 unspecified atom stereocenters. The van der Waals surface area contributed by atoms with Crippen molar-refractivity contribution in [1.82, 2.24) is 24.8 Å². The molecule has 2 fully saturated rings. The number of alkyl halides is 3. The van der Waals surface area contributed by atoms with Crippen molar-refractivity contribution < 1.29 is 52.7 Å². The summed E-state index contributed by atoms with van der Waals surface area (Å²) >= 11 is 0. The number of hydrogen-bond acceptors (Lipinski definition) is 12. The van der Waals surface area contributed by atoms with Gasteiger partial charge in [-0.05, 0) is 38.3 Å². The van der Waals surface area contributed by atoms with Gasteiger partial charge in [0.2, 0.25) is 5.95 Å². The minimum atomic E-state index is -5.08. The van der Waals surface area contributed by atoms with Crippen LogP contribution in [0.25, 0.3) is 11.2 Å². The van der Waals surface area contributed by atoms with Gasteiger partial charge in [0.1, 0.15) is 23.9 Å². The Labute approximate surface area is 302 Å². The number of carbonyl (C=O) groups is 2. The highest BCUT2D eigenvalue weighted by atomic mass is 19.4. The van der Waals surface area contributed by atoms with Crippen molar-refractivity contribution in [3.63, 3.8) is 0 Å². The minimum Gasteiger partial charge on any atom is -0.475 e. The lowest BCUT2D eigenvalue weighted by atomic mass is 9.91. The highest BCUT2D eigenvalue weighted by molar-refractivity contribution is 5.84. The third-order valence-electron chi connectivity index (χ3n) is 8.51. The zero-order chi connectivity index (χ0) is 38.5. The maximum absolute atomic E-state index is 12.5. The molecule has 15 nitrogen and oxygen atoms in total.